The van der Waals surface area contributed by atoms with E-state index >= 15 is 0 Å². The third-order valence-electron chi connectivity index (χ3n) is 7.47. The average Bonchev–Trinajstić information content (AvgIpc) is 3.48. The Kier molecular flexibility index (Phi) is 5.37. The maximum absolute atomic E-state index is 14.5. The van der Waals surface area contributed by atoms with Gasteiger partial charge in [-0.25, -0.2) is 9.67 Å². The number of carbonyl (C=O) groups excluding carboxylic acids is 1. The molecule has 5 heteroatoms. The molecule has 1 amide bonds. The van der Waals surface area contributed by atoms with Crippen molar-refractivity contribution in [2.45, 2.75) is 19.9 Å². The van der Waals surface area contributed by atoms with Crippen molar-refractivity contribution in [2.75, 3.05) is 4.90 Å². The summed E-state index contributed by atoms with van der Waals surface area (Å²) >= 11 is 0. The van der Waals surface area contributed by atoms with Gasteiger partial charge in [0.15, 0.2) is 5.65 Å². The number of fused-ring (bicyclic) bond motifs is 3. The number of hydrogen-bond acceptors (Lipinski definition) is 3. The SMILES string of the molecule is Cc1ccc(C2c3c(c(-c4ccccc4)nc4c3c(C)nn4-c3ccccc3)C(=O)N2c2ccccc2)cc1. The lowest BCUT2D eigenvalue weighted by Crippen LogP contribution is -2.28. The van der Waals surface area contributed by atoms with E-state index in [-0.39, 0.29) is 11.9 Å². The topological polar surface area (TPSA) is 51.0 Å². The first-order chi connectivity index (χ1) is 19.1. The predicted octanol–water partition coefficient (Wildman–Crippen LogP) is 7.45. The Hall–Kier alpha value is -5.03. The van der Waals surface area contributed by atoms with E-state index in [1.807, 2.05) is 108 Å². The van der Waals surface area contributed by atoms with Crippen LogP contribution in [0.3, 0.4) is 0 Å². The Morgan fingerprint density at radius 3 is 1.92 bits per heavy atom. The van der Waals surface area contributed by atoms with E-state index in [1.165, 1.54) is 5.56 Å². The highest BCUT2D eigenvalue weighted by Crippen LogP contribution is 2.48. The third kappa shape index (κ3) is 3.66. The summed E-state index contributed by atoms with van der Waals surface area (Å²) in [6.45, 7) is 4.09. The minimum Gasteiger partial charge on any atom is -0.297 e. The zero-order valence-electron chi connectivity index (χ0n) is 21.7. The number of nitrogens with zero attached hydrogens (tertiary/aromatic N) is 4. The Balaban J connectivity index is 1.62. The fourth-order valence-electron chi connectivity index (χ4n) is 5.68. The molecule has 0 saturated carbocycles. The van der Waals surface area contributed by atoms with Gasteiger partial charge in [0.05, 0.1) is 28.7 Å². The molecule has 1 atom stereocenters. The van der Waals surface area contributed by atoms with Crippen molar-refractivity contribution in [1.29, 1.82) is 0 Å². The maximum Gasteiger partial charge on any atom is 0.261 e. The van der Waals surface area contributed by atoms with Gasteiger partial charge in [-0.2, -0.15) is 5.10 Å². The lowest BCUT2D eigenvalue weighted by Gasteiger charge is -2.26. The van der Waals surface area contributed by atoms with Crippen molar-refractivity contribution in [3.8, 4) is 16.9 Å². The molecule has 5 nitrogen and oxygen atoms in total. The normalized spacial score (nSPS) is 14.7. The number of aryl methyl sites for hydroxylation is 2. The number of pyridine rings is 1. The summed E-state index contributed by atoms with van der Waals surface area (Å²) < 4.78 is 1.90. The van der Waals surface area contributed by atoms with Crippen LogP contribution in [0.5, 0.6) is 0 Å². The average molecular weight is 507 g/mol. The van der Waals surface area contributed by atoms with E-state index in [4.69, 9.17) is 10.1 Å². The summed E-state index contributed by atoms with van der Waals surface area (Å²) in [5.41, 5.74) is 8.77. The van der Waals surface area contributed by atoms with Gasteiger partial charge in [-0.15, -0.1) is 0 Å². The van der Waals surface area contributed by atoms with Crippen LogP contribution in [0.1, 0.15) is 38.8 Å². The molecule has 0 fully saturated rings. The van der Waals surface area contributed by atoms with E-state index in [9.17, 15) is 4.79 Å². The second-order valence-corrected chi connectivity index (χ2v) is 9.97. The second-order valence-electron chi connectivity index (χ2n) is 9.97. The Bertz CT molecular complexity index is 1830. The zero-order valence-corrected chi connectivity index (χ0v) is 21.7. The van der Waals surface area contributed by atoms with Gasteiger partial charge in [0.1, 0.15) is 0 Å². The largest absolute Gasteiger partial charge is 0.297 e. The molecule has 3 heterocycles. The molecular weight excluding hydrogens is 480 g/mol. The van der Waals surface area contributed by atoms with E-state index in [0.29, 0.717) is 11.3 Å². The highest BCUT2D eigenvalue weighted by molar-refractivity contribution is 6.18. The van der Waals surface area contributed by atoms with E-state index in [2.05, 4.69) is 31.2 Å². The minimum atomic E-state index is -0.324. The highest BCUT2D eigenvalue weighted by atomic mass is 16.2. The van der Waals surface area contributed by atoms with Gasteiger partial charge < -0.3 is 0 Å². The fraction of sp³-hybridized carbons (Fsp3) is 0.0882. The van der Waals surface area contributed by atoms with Crippen LogP contribution < -0.4 is 4.90 Å². The van der Waals surface area contributed by atoms with Crippen LogP contribution in [0.2, 0.25) is 0 Å². The molecule has 1 unspecified atom stereocenters. The number of carbonyl (C=O) groups is 1. The Labute approximate surface area is 227 Å². The summed E-state index contributed by atoms with van der Waals surface area (Å²) in [5.74, 6) is -0.0538. The molecule has 0 bridgehead atoms. The van der Waals surface area contributed by atoms with Crippen molar-refractivity contribution in [1.82, 2.24) is 14.8 Å². The lowest BCUT2D eigenvalue weighted by atomic mass is 9.92. The molecule has 4 aromatic carbocycles. The molecule has 2 aromatic heterocycles. The third-order valence-corrected chi connectivity index (χ3v) is 7.47. The monoisotopic (exact) mass is 506 g/mol. The molecule has 188 valence electrons. The van der Waals surface area contributed by atoms with Crippen LogP contribution in [0.4, 0.5) is 5.69 Å². The number of benzene rings is 4. The van der Waals surface area contributed by atoms with Gasteiger partial charge in [0, 0.05) is 22.2 Å². The molecule has 39 heavy (non-hydrogen) atoms. The zero-order chi connectivity index (χ0) is 26.5. The summed E-state index contributed by atoms with van der Waals surface area (Å²) in [4.78, 5) is 21.6. The Morgan fingerprint density at radius 2 is 1.28 bits per heavy atom. The van der Waals surface area contributed by atoms with E-state index in [1.54, 1.807) is 0 Å². The Morgan fingerprint density at radius 1 is 0.692 bits per heavy atom. The number of anilines is 1. The number of hydrogen-bond donors (Lipinski definition) is 0. The molecule has 1 aliphatic heterocycles. The molecule has 0 saturated heterocycles. The standard InChI is InChI=1S/C34H26N4O/c1-22-18-20-25(21-19-22)32-29-28-23(2)36-38(27-16-10-5-11-17-27)33(28)35-31(24-12-6-3-7-13-24)30(29)34(39)37(32)26-14-8-4-9-15-26/h3-21,32H,1-2H3. The molecule has 1 aliphatic rings. The highest BCUT2D eigenvalue weighted by Gasteiger charge is 2.43. The summed E-state index contributed by atoms with van der Waals surface area (Å²) in [5, 5.41) is 5.88. The molecular formula is C34H26N4O. The van der Waals surface area contributed by atoms with Crippen molar-refractivity contribution in [3.63, 3.8) is 0 Å². The number of para-hydroxylation sites is 2. The first kappa shape index (κ1) is 23.1. The molecule has 0 spiro atoms. The van der Waals surface area contributed by atoms with Crippen LogP contribution in [0.25, 0.3) is 28.0 Å². The molecule has 0 N–H and O–H groups in total. The summed E-state index contributed by atoms with van der Waals surface area (Å²) in [6.07, 6.45) is 0. The molecule has 7 rings (SSSR count). The molecule has 0 aliphatic carbocycles. The lowest BCUT2D eigenvalue weighted by molar-refractivity contribution is 0.0994. The van der Waals surface area contributed by atoms with Crippen LogP contribution >= 0.6 is 0 Å². The van der Waals surface area contributed by atoms with Gasteiger partial charge in [-0.3, -0.25) is 9.69 Å². The van der Waals surface area contributed by atoms with Crippen LogP contribution in [0, 0.1) is 13.8 Å². The minimum absolute atomic E-state index is 0.0538. The van der Waals surface area contributed by atoms with Gasteiger partial charge in [0.2, 0.25) is 0 Å². The second kappa shape index (κ2) is 9.07. The quantitative estimate of drug-likeness (QED) is 0.249. The van der Waals surface area contributed by atoms with Crippen molar-refractivity contribution in [2.24, 2.45) is 0 Å². The van der Waals surface area contributed by atoms with Crippen molar-refractivity contribution < 1.29 is 4.79 Å². The van der Waals surface area contributed by atoms with Crippen LogP contribution in [-0.4, -0.2) is 20.7 Å². The van der Waals surface area contributed by atoms with E-state index in [0.717, 1.165) is 44.8 Å². The fourth-order valence-corrected chi connectivity index (χ4v) is 5.68. The van der Waals surface area contributed by atoms with Gasteiger partial charge in [-0.1, -0.05) is 96.6 Å². The van der Waals surface area contributed by atoms with E-state index < -0.39 is 0 Å². The maximum atomic E-state index is 14.5. The first-order valence-corrected chi connectivity index (χ1v) is 13.1. The van der Waals surface area contributed by atoms with Crippen LogP contribution in [0.15, 0.2) is 115 Å². The number of rotatable bonds is 4. The number of amides is 1. The number of aromatic nitrogens is 3. The van der Waals surface area contributed by atoms with Gasteiger partial charge >= 0.3 is 0 Å². The van der Waals surface area contributed by atoms with Crippen molar-refractivity contribution >= 4 is 22.6 Å². The summed E-state index contributed by atoms with van der Waals surface area (Å²) in [7, 11) is 0. The molecule has 0 radical (unpaired) electrons. The van der Waals surface area contributed by atoms with Gasteiger partial charge in [0.25, 0.3) is 5.91 Å². The predicted molar refractivity (Wildman–Crippen MR) is 155 cm³/mol. The first-order valence-electron chi connectivity index (χ1n) is 13.1. The van der Waals surface area contributed by atoms with Crippen LogP contribution in [-0.2, 0) is 0 Å². The summed E-state index contributed by atoms with van der Waals surface area (Å²) in [6, 6.07) is 38.1. The van der Waals surface area contributed by atoms with Gasteiger partial charge in [-0.05, 0) is 43.7 Å². The van der Waals surface area contributed by atoms with Crippen molar-refractivity contribution in [3.05, 3.63) is 143 Å². The smallest absolute Gasteiger partial charge is 0.261 e. The molecule has 6 aromatic rings.